The number of hydrogen-bond donors (Lipinski definition) is 1. The Balaban J connectivity index is 1.57. The van der Waals surface area contributed by atoms with Gasteiger partial charge in [-0.05, 0) is 60.4 Å². The summed E-state index contributed by atoms with van der Waals surface area (Å²) in [6.45, 7) is 3.09. The zero-order chi connectivity index (χ0) is 26.2. The second-order valence-electron chi connectivity index (χ2n) is 8.91. The van der Waals surface area contributed by atoms with Crippen molar-refractivity contribution >= 4 is 29.5 Å². The minimum Gasteiger partial charge on any atom is -0.462 e. The molecule has 1 aliphatic heterocycles. The van der Waals surface area contributed by atoms with Crippen LogP contribution in [0.15, 0.2) is 84.9 Å². The zero-order valence-corrected chi connectivity index (χ0v) is 20.9. The minimum absolute atomic E-state index is 0.0317. The van der Waals surface area contributed by atoms with E-state index in [9.17, 15) is 14.4 Å². The summed E-state index contributed by atoms with van der Waals surface area (Å²) in [5, 5.41) is 0. The lowest BCUT2D eigenvalue weighted by Crippen LogP contribution is -2.42. The van der Waals surface area contributed by atoms with Gasteiger partial charge in [0.25, 0.3) is 5.91 Å². The van der Waals surface area contributed by atoms with Crippen LogP contribution in [0.3, 0.4) is 0 Å². The maximum atomic E-state index is 13.3. The van der Waals surface area contributed by atoms with E-state index >= 15 is 0 Å². The molecule has 0 unspecified atom stereocenters. The first-order chi connectivity index (χ1) is 17.9. The Morgan fingerprint density at radius 2 is 1.76 bits per heavy atom. The molecular formula is C30H31N3O4. The number of carbonyl (C=O) groups is 3. The van der Waals surface area contributed by atoms with Gasteiger partial charge in [-0.15, -0.1) is 0 Å². The van der Waals surface area contributed by atoms with Gasteiger partial charge in [0, 0.05) is 30.9 Å². The predicted octanol–water partition coefficient (Wildman–Crippen LogP) is 4.14. The number of nitrogens with zero attached hydrogens (tertiary/aromatic N) is 2. The summed E-state index contributed by atoms with van der Waals surface area (Å²) in [6, 6.07) is 24.1. The fourth-order valence-corrected chi connectivity index (χ4v) is 4.24. The van der Waals surface area contributed by atoms with Gasteiger partial charge in [-0.3, -0.25) is 14.5 Å². The molecule has 1 heterocycles. The number of benzene rings is 3. The number of amides is 2. The quantitative estimate of drug-likeness (QED) is 0.373. The lowest BCUT2D eigenvalue weighted by atomic mass is 10.0. The normalized spacial score (nSPS) is 15.1. The molecule has 7 nitrogen and oxygen atoms in total. The first kappa shape index (κ1) is 25.9. The third-order valence-corrected chi connectivity index (χ3v) is 6.24. The van der Waals surface area contributed by atoms with Gasteiger partial charge in [0.2, 0.25) is 5.91 Å². The van der Waals surface area contributed by atoms with Gasteiger partial charge >= 0.3 is 5.97 Å². The highest BCUT2D eigenvalue weighted by Gasteiger charge is 2.26. The zero-order valence-electron chi connectivity index (χ0n) is 20.9. The van der Waals surface area contributed by atoms with E-state index in [1.807, 2.05) is 60.7 Å². The third-order valence-electron chi connectivity index (χ3n) is 6.24. The lowest BCUT2D eigenvalue weighted by molar-refractivity contribution is -0.130. The van der Waals surface area contributed by atoms with Gasteiger partial charge < -0.3 is 15.4 Å². The molecule has 0 aliphatic carbocycles. The fourth-order valence-electron chi connectivity index (χ4n) is 4.24. The molecule has 0 saturated carbocycles. The molecule has 0 radical (unpaired) electrons. The Morgan fingerprint density at radius 3 is 2.43 bits per heavy atom. The van der Waals surface area contributed by atoms with E-state index in [2.05, 4.69) is 0 Å². The van der Waals surface area contributed by atoms with E-state index in [-0.39, 0.29) is 30.4 Å². The molecule has 4 rings (SSSR count). The smallest absolute Gasteiger partial charge is 0.338 e. The average molecular weight is 498 g/mol. The number of rotatable bonds is 8. The second kappa shape index (κ2) is 12.1. The molecule has 1 atom stereocenters. The minimum atomic E-state index is -0.372. The van der Waals surface area contributed by atoms with Crippen molar-refractivity contribution in [2.75, 3.05) is 31.1 Å². The molecular weight excluding hydrogens is 466 g/mol. The van der Waals surface area contributed by atoms with Gasteiger partial charge in [0.1, 0.15) is 6.54 Å². The highest BCUT2D eigenvalue weighted by atomic mass is 16.5. The summed E-state index contributed by atoms with van der Waals surface area (Å²) in [7, 11) is 0. The van der Waals surface area contributed by atoms with E-state index in [0.29, 0.717) is 30.9 Å². The van der Waals surface area contributed by atoms with Crippen molar-refractivity contribution in [3.05, 3.63) is 96.1 Å². The molecule has 7 heteroatoms. The summed E-state index contributed by atoms with van der Waals surface area (Å²) < 4.78 is 5.10. The van der Waals surface area contributed by atoms with Crippen molar-refractivity contribution in [2.45, 2.75) is 19.4 Å². The van der Waals surface area contributed by atoms with Crippen molar-refractivity contribution < 1.29 is 19.1 Å². The van der Waals surface area contributed by atoms with Crippen LogP contribution in [0.2, 0.25) is 0 Å². The van der Waals surface area contributed by atoms with Crippen molar-refractivity contribution in [1.82, 2.24) is 4.90 Å². The van der Waals surface area contributed by atoms with E-state index < -0.39 is 0 Å². The number of anilines is 1. The topological polar surface area (TPSA) is 92.9 Å². The largest absolute Gasteiger partial charge is 0.462 e. The van der Waals surface area contributed by atoms with Crippen LogP contribution in [0, 0.1) is 0 Å². The first-order valence-corrected chi connectivity index (χ1v) is 12.4. The van der Waals surface area contributed by atoms with Crippen molar-refractivity contribution in [3.8, 4) is 11.1 Å². The molecule has 0 spiro atoms. The summed E-state index contributed by atoms with van der Waals surface area (Å²) in [4.78, 5) is 41.6. The maximum absolute atomic E-state index is 13.3. The molecule has 2 amide bonds. The van der Waals surface area contributed by atoms with E-state index in [0.717, 1.165) is 23.1 Å². The molecule has 3 aromatic carbocycles. The Hall–Kier alpha value is -4.23. The van der Waals surface area contributed by atoms with Gasteiger partial charge in [0.05, 0.1) is 12.2 Å². The molecule has 190 valence electrons. The third kappa shape index (κ3) is 6.71. The Labute approximate surface area is 217 Å². The molecule has 37 heavy (non-hydrogen) atoms. The molecule has 1 fully saturated rings. The van der Waals surface area contributed by atoms with Crippen molar-refractivity contribution in [2.24, 2.45) is 5.73 Å². The SMILES string of the molecule is CCOC(=O)c1cccc(-c2ccc(N(CC(=O)N3CC[C@H](N)C3)C(=O)C=Cc3ccccc3)cc2)c1. The van der Waals surface area contributed by atoms with Gasteiger partial charge in [0.15, 0.2) is 0 Å². The number of nitrogens with two attached hydrogens (primary N) is 1. The molecule has 1 saturated heterocycles. The van der Waals surface area contributed by atoms with Gasteiger partial charge in [-0.1, -0.05) is 54.6 Å². The predicted molar refractivity (Wildman–Crippen MR) is 145 cm³/mol. The van der Waals surface area contributed by atoms with Crippen LogP contribution in [0.5, 0.6) is 0 Å². The van der Waals surface area contributed by atoms with E-state index in [1.165, 1.54) is 11.0 Å². The van der Waals surface area contributed by atoms with Crippen molar-refractivity contribution in [3.63, 3.8) is 0 Å². The standard InChI is InChI=1S/C30H31N3O4/c1-2-37-30(36)25-10-6-9-24(19-25)23-12-14-27(15-13-23)33(21-29(35)32-18-17-26(31)20-32)28(34)16-11-22-7-4-3-5-8-22/h3-16,19,26H,2,17-18,20-21,31H2,1H3/t26-/m0/s1. The summed E-state index contributed by atoms with van der Waals surface area (Å²) >= 11 is 0. The molecule has 0 aromatic heterocycles. The molecule has 0 bridgehead atoms. The monoisotopic (exact) mass is 497 g/mol. The van der Waals surface area contributed by atoms with E-state index in [1.54, 1.807) is 36.1 Å². The highest BCUT2D eigenvalue weighted by Crippen LogP contribution is 2.25. The fraction of sp³-hybridized carbons (Fsp3) is 0.233. The molecule has 2 N–H and O–H groups in total. The summed E-state index contributed by atoms with van der Waals surface area (Å²) in [5.41, 5.74) is 9.67. The highest BCUT2D eigenvalue weighted by molar-refractivity contribution is 6.07. The van der Waals surface area contributed by atoms with Crippen LogP contribution in [0.4, 0.5) is 5.69 Å². The van der Waals surface area contributed by atoms with Crippen LogP contribution < -0.4 is 10.6 Å². The van der Waals surface area contributed by atoms with Crippen LogP contribution in [-0.2, 0) is 14.3 Å². The molecule has 3 aromatic rings. The average Bonchev–Trinajstić information content (AvgIpc) is 3.37. The van der Waals surface area contributed by atoms with Crippen molar-refractivity contribution in [1.29, 1.82) is 0 Å². The van der Waals surface area contributed by atoms with Gasteiger partial charge in [-0.25, -0.2) is 4.79 Å². The van der Waals surface area contributed by atoms with Crippen LogP contribution in [0.25, 0.3) is 17.2 Å². The van der Waals surface area contributed by atoms with E-state index in [4.69, 9.17) is 10.5 Å². The number of esters is 1. The Morgan fingerprint density at radius 1 is 1.00 bits per heavy atom. The van der Waals surface area contributed by atoms with Crippen LogP contribution in [-0.4, -0.2) is 55.0 Å². The number of ether oxygens (including phenoxy) is 1. The number of hydrogen-bond acceptors (Lipinski definition) is 5. The second-order valence-corrected chi connectivity index (χ2v) is 8.91. The van der Waals surface area contributed by atoms with Crippen LogP contribution >= 0.6 is 0 Å². The summed E-state index contributed by atoms with van der Waals surface area (Å²) in [5.74, 6) is -0.804. The lowest BCUT2D eigenvalue weighted by Gasteiger charge is -2.24. The van der Waals surface area contributed by atoms with Crippen LogP contribution in [0.1, 0.15) is 29.3 Å². The summed E-state index contributed by atoms with van der Waals surface area (Å²) in [6.07, 6.45) is 3.98. The Kier molecular flexibility index (Phi) is 8.48. The molecule has 1 aliphatic rings. The number of likely N-dealkylation sites (tertiary alicyclic amines) is 1. The number of carbonyl (C=O) groups excluding carboxylic acids is 3. The van der Waals surface area contributed by atoms with Gasteiger partial charge in [-0.2, -0.15) is 0 Å². The Bertz CT molecular complexity index is 1270. The first-order valence-electron chi connectivity index (χ1n) is 12.4. The maximum Gasteiger partial charge on any atom is 0.338 e.